The summed E-state index contributed by atoms with van der Waals surface area (Å²) in [6.45, 7) is 1.69. The minimum atomic E-state index is -0.885. The normalized spacial score (nSPS) is 34.4. The molecule has 2 unspecified atom stereocenters. The Balaban J connectivity index is 1.26. The van der Waals surface area contributed by atoms with Crippen molar-refractivity contribution in [1.29, 1.82) is 0 Å². The largest absolute Gasteiger partial charge is 0.386 e. The zero-order valence-electron chi connectivity index (χ0n) is 19.3. The van der Waals surface area contributed by atoms with Crippen molar-refractivity contribution in [1.82, 2.24) is 14.5 Å². The van der Waals surface area contributed by atoms with Crippen LogP contribution in [0.4, 0.5) is 0 Å². The fourth-order valence-electron chi connectivity index (χ4n) is 5.35. The second-order valence-electron chi connectivity index (χ2n) is 9.47. The maximum Gasteiger partial charge on any atom is 0.164 e. The minimum Gasteiger partial charge on any atom is -0.386 e. The van der Waals surface area contributed by atoms with Gasteiger partial charge in [-0.1, -0.05) is 0 Å². The van der Waals surface area contributed by atoms with Crippen LogP contribution in [-0.2, 0) is 30.1 Å². The standard InChI is InChI=1S/C24H33N3O6S/c28-20-21(33-18-8-2-4-10-30-18)16(13-31-17-7-1-3-9-29-17)32-24(20)27-12-15-6-5-11-34-23-19(15)22(27)25-14-26-23/h12,14,16-18,20-21,24,28H,1-11,13H2/t16-,17?,18?,20+,21-,24-/m1/s1. The van der Waals surface area contributed by atoms with E-state index >= 15 is 0 Å². The lowest BCUT2D eigenvalue weighted by molar-refractivity contribution is -0.223. The maximum absolute atomic E-state index is 11.5. The molecular weight excluding hydrogens is 458 g/mol. The van der Waals surface area contributed by atoms with E-state index in [1.54, 1.807) is 18.1 Å². The highest BCUT2D eigenvalue weighted by Crippen LogP contribution is 2.39. The molecule has 2 aromatic rings. The summed E-state index contributed by atoms with van der Waals surface area (Å²) in [6.07, 6.45) is 8.56. The summed E-state index contributed by atoms with van der Waals surface area (Å²) in [5.41, 5.74) is 2.00. The van der Waals surface area contributed by atoms with E-state index in [1.807, 2.05) is 4.57 Å². The molecule has 3 saturated heterocycles. The lowest BCUT2D eigenvalue weighted by Gasteiger charge is -2.30. The molecule has 6 rings (SSSR count). The average Bonchev–Trinajstić information content (AvgIpc) is 3.30. The molecule has 0 saturated carbocycles. The molecule has 3 fully saturated rings. The van der Waals surface area contributed by atoms with Gasteiger partial charge in [0.2, 0.25) is 0 Å². The van der Waals surface area contributed by atoms with Gasteiger partial charge in [0.1, 0.15) is 35.3 Å². The van der Waals surface area contributed by atoms with Crippen molar-refractivity contribution < 1.29 is 28.8 Å². The monoisotopic (exact) mass is 491 g/mol. The second kappa shape index (κ2) is 10.4. The van der Waals surface area contributed by atoms with E-state index in [-0.39, 0.29) is 19.2 Å². The lowest BCUT2D eigenvalue weighted by Crippen LogP contribution is -2.41. The molecule has 0 amide bonds. The fraction of sp³-hybridized carbons (Fsp3) is 0.750. The van der Waals surface area contributed by atoms with Crippen LogP contribution in [0.2, 0.25) is 0 Å². The van der Waals surface area contributed by atoms with Crippen LogP contribution in [0.1, 0.15) is 56.7 Å². The van der Waals surface area contributed by atoms with Crippen LogP contribution in [0.3, 0.4) is 0 Å². The minimum absolute atomic E-state index is 0.232. The van der Waals surface area contributed by atoms with Gasteiger partial charge in [0, 0.05) is 19.4 Å². The van der Waals surface area contributed by atoms with Crippen molar-refractivity contribution in [3.05, 3.63) is 18.1 Å². The average molecular weight is 492 g/mol. The third-order valence-corrected chi connectivity index (χ3v) is 8.17. The Bertz CT molecular complexity index is 977. The van der Waals surface area contributed by atoms with Gasteiger partial charge < -0.3 is 33.4 Å². The van der Waals surface area contributed by atoms with Gasteiger partial charge >= 0.3 is 0 Å². The number of aromatic nitrogens is 3. The van der Waals surface area contributed by atoms with Crippen LogP contribution in [0.25, 0.3) is 11.0 Å². The summed E-state index contributed by atoms with van der Waals surface area (Å²) in [5, 5.41) is 13.5. The van der Waals surface area contributed by atoms with E-state index in [0.717, 1.165) is 79.8 Å². The van der Waals surface area contributed by atoms with Gasteiger partial charge in [-0.15, -0.1) is 11.8 Å². The van der Waals surface area contributed by atoms with Crippen molar-refractivity contribution in [2.45, 2.75) is 93.5 Å². The molecule has 10 heteroatoms. The number of rotatable bonds is 6. The molecule has 0 aromatic carbocycles. The molecule has 6 atom stereocenters. The van der Waals surface area contributed by atoms with E-state index < -0.39 is 24.5 Å². The summed E-state index contributed by atoms with van der Waals surface area (Å²) in [6, 6.07) is 0. The van der Waals surface area contributed by atoms with Crippen LogP contribution in [0.15, 0.2) is 17.6 Å². The third-order valence-electron chi connectivity index (χ3n) is 7.10. The molecule has 0 bridgehead atoms. The Morgan fingerprint density at radius 1 is 1.06 bits per heavy atom. The molecule has 34 heavy (non-hydrogen) atoms. The maximum atomic E-state index is 11.5. The Morgan fingerprint density at radius 2 is 1.88 bits per heavy atom. The smallest absolute Gasteiger partial charge is 0.164 e. The number of aliphatic hydroxyl groups is 1. The Kier molecular flexibility index (Phi) is 7.07. The predicted molar refractivity (Wildman–Crippen MR) is 124 cm³/mol. The predicted octanol–water partition coefficient (Wildman–Crippen LogP) is 3.18. The fourth-order valence-corrected chi connectivity index (χ4v) is 6.32. The van der Waals surface area contributed by atoms with Crippen molar-refractivity contribution in [3.8, 4) is 0 Å². The Morgan fingerprint density at radius 3 is 2.68 bits per heavy atom. The first-order valence-corrected chi connectivity index (χ1v) is 13.6. The molecule has 186 valence electrons. The first-order valence-electron chi connectivity index (χ1n) is 12.6. The molecule has 4 aliphatic rings. The number of aliphatic hydroxyl groups excluding tert-OH is 1. The number of aryl methyl sites for hydroxylation is 1. The second-order valence-corrected chi connectivity index (χ2v) is 10.6. The summed E-state index contributed by atoms with van der Waals surface area (Å²) in [7, 11) is 0. The molecule has 9 nitrogen and oxygen atoms in total. The van der Waals surface area contributed by atoms with Gasteiger partial charge in [-0.25, -0.2) is 9.97 Å². The molecule has 2 aromatic heterocycles. The number of hydrogen-bond acceptors (Lipinski definition) is 9. The highest BCUT2D eigenvalue weighted by molar-refractivity contribution is 7.99. The molecule has 1 N–H and O–H groups in total. The van der Waals surface area contributed by atoms with Gasteiger partial charge in [0.25, 0.3) is 0 Å². The van der Waals surface area contributed by atoms with Crippen LogP contribution in [0, 0.1) is 0 Å². The van der Waals surface area contributed by atoms with Gasteiger partial charge in [-0.3, -0.25) is 0 Å². The zero-order chi connectivity index (χ0) is 22.9. The molecule has 4 aliphatic heterocycles. The van der Waals surface area contributed by atoms with Gasteiger partial charge in [-0.05, 0) is 62.7 Å². The van der Waals surface area contributed by atoms with E-state index in [4.69, 9.17) is 23.7 Å². The molecule has 0 spiro atoms. The Labute approximate surface area is 203 Å². The van der Waals surface area contributed by atoms with Gasteiger partial charge in [0.05, 0.1) is 12.0 Å². The summed E-state index contributed by atoms with van der Waals surface area (Å²) in [4.78, 5) is 9.09. The summed E-state index contributed by atoms with van der Waals surface area (Å²) >= 11 is 1.76. The van der Waals surface area contributed by atoms with Crippen molar-refractivity contribution in [2.75, 3.05) is 25.6 Å². The summed E-state index contributed by atoms with van der Waals surface area (Å²) in [5.74, 6) is 1.04. The van der Waals surface area contributed by atoms with Crippen LogP contribution >= 0.6 is 11.8 Å². The quantitative estimate of drug-likeness (QED) is 0.611. The van der Waals surface area contributed by atoms with Crippen molar-refractivity contribution in [2.24, 2.45) is 0 Å². The van der Waals surface area contributed by atoms with Crippen molar-refractivity contribution in [3.63, 3.8) is 0 Å². The van der Waals surface area contributed by atoms with Gasteiger partial charge in [-0.2, -0.15) is 0 Å². The van der Waals surface area contributed by atoms with E-state index in [0.29, 0.717) is 6.61 Å². The first kappa shape index (κ1) is 23.1. The highest BCUT2D eigenvalue weighted by atomic mass is 32.2. The molecule has 0 radical (unpaired) electrons. The van der Waals surface area contributed by atoms with Crippen LogP contribution in [0.5, 0.6) is 0 Å². The molecule has 0 aliphatic carbocycles. The van der Waals surface area contributed by atoms with E-state index in [1.165, 1.54) is 5.56 Å². The lowest BCUT2D eigenvalue weighted by atomic mass is 10.1. The number of thioether (sulfide) groups is 1. The Hall–Kier alpha value is -1.27. The topological polar surface area (TPSA) is 97.1 Å². The SMILES string of the molecule is O[C@H]1[C@H](OC2CCCCO2)[C@@H](COC2CCCCO2)O[C@H]1n1cc2c3c(ncnc31)SCCC2. The number of ether oxygens (including phenoxy) is 5. The zero-order valence-corrected chi connectivity index (χ0v) is 20.2. The number of hydrogen-bond donors (Lipinski definition) is 1. The van der Waals surface area contributed by atoms with Gasteiger partial charge in [0.15, 0.2) is 18.8 Å². The third kappa shape index (κ3) is 4.61. The van der Waals surface area contributed by atoms with E-state index in [9.17, 15) is 5.11 Å². The van der Waals surface area contributed by atoms with Crippen molar-refractivity contribution >= 4 is 22.8 Å². The molecular formula is C24H33N3O6S. The first-order chi connectivity index (χ1) is 16.8. The van der Waals surface area contributed by atoms with E-state index in [2.05, 4.69) is 16.2 Å². The summed E-state index contributed by atoms with van der Waals surface area (Å²) < 4.78 is 32.3. The number of nitrogens with zero attached hydrogens (tertiary/aromatic N) is 3. The van der Waals surface area contributed by atoms with Crippen LogP contribution < -0.4 is 0 Å². The van der Waals surface area contributed by atoms with Crippen LogP contribution in [-0.4, -0.2) is 76.1 Å². The molecule has 6 heterocycles. The highest BCUT2D eigenvalue weighted by Gasteiger charge is 2.48.